The summed E-state index contributed by atoms with van der Waals surface area (Å²) in [6.45, 7) is 4.33. The maximum absolute atomic E-state index is 12.7. The van der Waals surface area contributed by atoms with E-state index < -0.39 is 0 Å². The maximum Gasteiger partial charge on any atom is 0.291 e. The summed E-state index contributed by atoms with van der Waals surface area (Å²) < 4.78 is 5.31. The Morgan fingerprint density at radius 3 is 2.60 bits per heavy atom. The van der Waals surface area contributed by atoms with Gasteiger partial charge in [0.15, 0.2) is 5.76 Å². The monoisotopic (exact) mass is 440 g/mol. The van der Waals surface area contributed by atoms with Crippen LogP contribution in [0.15, 0.2) is 58.0 Å². The van der Waals surface area contributed by atoms with Crippen molar-refractivity contribution in [3.8, 4) is 0 Å². The molecule has 1 aliphatic rings. The summed E-state index contributed by atoms with van der Waals surface area (Å²) in [6, 6.07) is 14.8. The third-order valence-corrected chi connectivity index (χ3v) is 7.57. The van der Waals surface area contributed by atoms with Crippen molar-refractivity contribution in [1.29, 1.82) is 0 Å². The summed E-state index contributed by atoms with van der Waals surface area (Å²) in [4.78, 5) is 17.8. The predicted molar refractivity (Wildman–Crippen MR) is 126 cm³/mol. The van der Waals surface area contributed by atoms with E-state index in [1.807, 2.05) is 0 Å². The molecule has 158 valence electrons. The quantitative estimate of drug-likeness (QED) is 0.429. The van der Waals surface area contributed by atoms with E-state index in [9.17, 15) is 4.79 Å². The van der Waals surface area contributed by atoms with Crippen molar-refractivity contribution in [3.63, 3.8) is 0 Å². The topological polar surface area (TPSA) is 45.5 Å². The van der Waals surface area contributed by atoms with Crippen LogP contribution in [0.25, 0.3) is 0 Å². The van der Waals surface area contributed by atoms with Crippen LogP contribution >= 0.6 is 23.1 Å². The highest BCUT2D eigenvalue weighted by atomic mass is 32.2. The molecule has 0 saturated carbocycles. The molecular weight excluding hydrogens is 412 g/mol. The van der Waals surface area contributed by atoms with Crippen LogP contribution in [0.5, 0.6) is 0 Å². The number of rotatable bonds is 7. The number of piperidine rings is 1. The summed E-state index contributed by atoms with van der Waals surface area (Å²) in [5, 5.41) is 4.06. The van der Waals surface area contributed by atoms with Gasteiger partial charge in [-0.05, 0) is 74.5 Å². The Balaban J connectivity index is 1.73. The zero-order valence-corrected chi connectivity index (χ0v) is 19.2. The van der Waals surface area contributed by atoms with Gasteiger partial charge in [0, 0.05) is 15.3 Å². The number of thiophene rings is 1. The first-order chi connectivity index (χ1) is 14.7. The number of anilines is 1. The summed E-state index contributed by atoms with van der Waals surface area (Å²) in [6.07, 6.45) is 8.32. The Morgan fingerprint density at radius 2 is 1.97 bits per heavy atom. The highest BCUT2D eigenvalue weighted by molar-refractivity contribution is 7.98. The second-order valence-electron chi connectivity index (χ2n) is 7.55. The number of carbonyl (C=O) groups is 1. The maximum atomic E-state index is 12.7. The lowest BCUT2D eigenvalue weighted by molar-refractivity contribution is 0.0996. The van der Waals surface area contributed by atoms with E-state index in [2.05, 4.69) is 53.7 Å². The molecule has 1 atom stereocenters. The SMILES string of the molecule is CCc1cc(C(c2ccc(SC)cc2)N2CCCCC2)c(NC(=O)c2ccco2)s1. The largest absolute Gasteiger partial charge is 0.459 e. The second kappa shape index (κ2) is 9.86. The van der Waals surface area contributed by atoms with Crippen molar-refractivity contribution >= 4 is 34.0 Å². The lowest BCUT2D eigenvalue weighted by Gasteiger charge is -2.35. The molecule has 1 unspecified atom stereocenters. The fourth-order valence-electron chi connectivity index (χ4n) is 4.06. The average Bonchev–Trinajstić information content (AvgIpc) is 3.46. The molecule has 2 aromatic heterocycles. The number of thioether (sulfide) groups is 1. The number of aryl methyl sites for hydroxylation is 1. The molecule has 1 fully saturated rings. The number of nitrogens with zero attached hydrogens (tertiary/aromatic N) is 1. The third-order valence-electron chi connectivity index (χ3n) is 5.61. The molecule has 1 aromatic carbocycles. The van der Waals surface area contributed by atoms with Gasteiger partial charge in [-0.25, -0.2) is 0 Å². The molecule has 6 heteroatoms. The number of carbonyl (C=O) groups excluding carboxylic acids is 1. The van der Waals surface area contributed by atoms with Crippen LogP contribution in [-0.4, -0.2) is 30.2 Å². The molecular formula is C24H28N2O2S2. The number of benzene rings is 1. The zero-order chi connectivity index (χ0) is 20.9. The minimum absolute atomic E-state index is 0.143. The van der Waals surface area contributed by atoms with Gasteiger partial charge < -0.3 is 9.73 Å². The fourth-order valence-corrected chi connectivity index (χ4v) is 5.49. The van der Waals surface area contributed by atoms with Gasteiger partial charge in [-0.15, -0.1) is 23.1 Å². The van der Waals surface area contributed by atoms with Crippen LogP contribution in [0.1, 0.15) is 58.8 Å². The molecule has 4 rings (SSSR count). The molecule has 1 N–H and O–H groups in total. The number of hydrogen-bond donors (Lipinski definition) is 1. The van der Waals surface area contributed by atoms with Crippen LogP contribution in [0.3, 0.4) is 0 Å². The highest BCUT2D eigenvalue weighted by Gasteiger charge is 2.28. The van der Waals surface area contributed by atoms with Crippen LogP contribution in [0, 0.1) is 0 Å². The van der Waals surface area contributed by atoms with Crippen molar-refractivity contribution in [2.45, 2.75) is 43.5 Å². The van der Waals surface area contributed by atoms with E-state index in [1.165, 1.54) is 46.4 Å². The van der Waals surface area contributed by atoms with Crippen molar-refractivity contribution in [3.05, 3.63) is 70.5 Å². The Hall–Kier alpha value is -2.02. The summed E-state index contributed by atoms with van der Waals surface area (Å²) in [7, 11) is 0. The van der Waals surface area contributed by atoms with Crippen molar-refractivity contribution in [2.75, 3.05) is 24.7 Å². The van der Waals surface area contributed by atoms with Gasteiger partial charge in [0.05, 0.1) is 12.3 Å². The number of furan rings is 1. The lowest BCUT2D eigenvalue weighted by Crippen LogP contribution is -2.34. The molecule has 1 saturated heterocycles. The normalized spacial score (nSPS) is 15.8. The van der Waals surface area contributed by atoms with Crippen molar-refractivity contribution in [2.24, 2.45) is 0 Å². The Morgan fingerprint density at radius 1 is 1.20 bits per heavy atom. The Bertz CT molecular complexity index is 958. The first kappa shape index (κ1) is 21.2. The first-order valence-electron chi connectivity index (χ1n) is 10.5. The molecule has 30 heavy (non-hydrogen) atoms. The molecule has 0 radical (unpaired) electrons. The van der Waals surface area contributed by atoms with E-state index in [-0.39, 0.29) is 11.9 Å². The van der Waals surface area contributed by atoms with Gasteiger partial charge in [0.2, 0.25) is 0 Å². The molecule has 3 aromatic rings. The summed E-state index contributed by atoms with van der Waals surface area (Å²) >= 11 is 3.43. The van der Waals surface area contributed by atoms with E-state index in [0.717, 1.165) is 24.5 Å². The van der Waals surface area contributed by atoms with Gasteiger partial charge in [-0.1, -0.05) is 25.5 Å². The van der Waals surface area contributed by atoms with Crippen LogP contribution < -0.4 is 5.32 Å². The minimum Gasteiger partial charge on any atom is -0.459 e. The molecule has 0 aliphatic carbocycles. The van der Waals surface area contributed by atoms with Gasteiger partial charge in [0.25, 0.3) is 5.91 Å². The first-order valence-corrected chi connectivity index (χ1v) is 12.6. The summed E-state index contributed by atoms with van der Waals surface area (Å²) in [5.74, 6) is 0.145. The van der Waals surface area contributed by atoms with E-state index >= 15 is 0 Å². The molecule has 0 bridgehead atoms. The van der Waals surface area contributed by atoms with Gasteiger partial charge in [-0.3, -0.25) is 9.69 Å². The van der Waals surface area contributed by atoms with Gasteiger partial charge >= 0.3 is 0 Å². The number of nitrogens with one attached hydrogen (secondary N) is 1. The molecule has 3 heterocycles. The second-order valence-corrected chi connectivity index (χ2v) is 9.57. The minimum atomic E-state index is -0.194. The number of hydrogen-bond acceptors (Lipinski definition) is 5. The Kier molecular flexibility index (Phi) is 6.97. The highest BCUT2D eigenvalue weighted by Crippen LogP contribution is 2.41. The lowest BCUT2D eigenvalue weighted by atomic mass is 9.96. The molecule has 4 nitrogen and oxygen atoms in total. The van der Waals surface area contributed by atoms with E-state index in [4.69, 9.17) is 4.42 Å². The third kappa shape index (κ3) is 4.66. The fraction of sp³-hybridized carbons (Fsp3) is 0.375. The van der Waals surface area contributed by atoms with Crippen LogP contribution in [0.4, 0.5) is 5.00 Å². The van der Waals surface area contributed by atoms with Gasteiger partial charge in [0.1, 0.15) is 5.00 Å². The summed E-state index contributed by atoms with van der Waals surface area (Å²) in [5.41, 5.74) is 2.47. The van der Waals surface area contributed by atoms with Crippen LogP contribution in [0.2, 0.25) is 0 Å². The smallest absolute Gasteiger partial charge is 0.291 e. The number of likely N-dealkylation sites (tertiary alicyclic amines) is 1. The molecule has 0 spiro atoms. The molecule has 1 aliphatic heterocycles. The van der Waals surface area contributed by atoms with Gasteiger partial charge in [-0.2, -0.15) is 0 Å². The van der Waals surface area contributed by atoms with Crippen molar-refractivity contribution in [1.82, 2.24) is 4.90 Å². The number of amides is 1. The molecule has 1 amide bonds. The van der Waals surface area contributed by atoms with Crippen LogP contribution in [-0.2, 0) is 6.42 Å². The predicted octanol–water partition coefficient (Wildman–Crippen LogP) is 6.45. The Labute approximate surface area is 186 Å². The average molecular weight is 441 g/mol. The van der Waals surface area contributed by atoms with E-state index in [1.54, 1.807) is 35.2 Å². The van der Waals surface area contributed by atoms with Crippen molar-refractivity contribution < 1.29 is 9.21 Å². The zero-order valence-electron chi connectivity index (χ0n) is 17.5. The standard InChI is InChI=1S/C24H28N2O2S2/c1-3-18-16-20(24(30-18)25-23(27)21-8-7-15-28-21)22(26-13-5-4-6-14-26)17-9-11-19(29-2)12-10-17/h7-12,15-16,22H,3-6,13-14H2,1-2H3,(H,25,27). The van der Waals surface area contributed by atoms with E-state index in [0.29, 0.717) is 5.76 Å².